The summed E-state index contributed by atoms with van der Waals surface area (Å²) in [7, 11) is 0. The van der Waals surface area contributed by atoms with E-state index in [4.69, 9.17) is 0 Å². The fourth-order valence-corrected chi connectivity index (χ4v) is 3.75. The lowest BCUT2D eigenvalue weighted by Gasteiger charge is -2.21. The number of anilines is 1. The number of carbonyl (C=O) groups is 1. The Balaban J connectivity index is 1.58. The van der Waals surface area contributed by atoms with E-state index in [1.54, 1.807) is 41.0 Å². The fraction of sp³-hybridized carbons (Fsp3) is 0.130. The number of rotatable bonds is 3. The fourth-order valence-electron chi connectivity index (χ4n) is 3.75. The Morgan fingerprint density at radius 2 is 1.88 bits per heavy atom. The number of alkyl halides is 3. The zero-order valence-electron chi connectivity index (χ0n) is 17.2. The van der Waals surface area contributed by atoms with Crippen molar-refractivity contribution in [1.82, 2.24) is 19.3 Å². The van der Waals surface area contributed by atoms with Gasteiger partial charge in [-0.2, -0.15) is 23.3 Å². The van der Waals surface area contributed by atoms with Crippen LogP contribution in [0.1, 0.15) is 27.0 Å². The lowest BCUT2D eigenvalue weighted by atomic mass is 10.1. The molecule has 0 saturated carbocycles. The third-order valence-electron chi connectivity index (χ3n) is 5.41. The highest BCUT2D eigenvalue weighted by atomic mass is 19.4. The number of amides is 1. The maximum atomic E-state index is 13.2. The molecule has 3 heterocycles. The van der Waals surface area contributed by atoms with Crippen LogP contribution in [-0.2, 0) is 12.7 Å². The van der Waals surface area contributed by atoms with Gasteiger partial charge in [-0.05, 0) is 37.3 Å². The van der Waals surface area contributed by atoms with E-state index < -0.39 is 23.2 Å². The molecule has 0 fully saturated rings. The number of aryl methyl sites for hydroxylation is 1. The molecule has 0 unspecified atom stereocenters. The molecule has 10 heteroatoms. The van der Waals surface area contributed by atoms with Crippen LogP contribution in [0.2, 0.25) is 0 Å². The average Bonchev–Trinajstić information content (AvgIpc) is 3.23. The van der Waals surface area contributed by atoms with Gasteiger partial charge in [-0.3, -0.25) is 19.5 Å². The molecule has 1 amide bonds. The van der Waals surface area contributed by atoms with Crippen LogP contribution in [-0.4, -0.2) is 25.2 Å². The SMILES string of the molecule is Cc1ccc(C(=O)Nc2nc(=O)c3cnn4c3n2CC=C4c2cccc(C(F)(F)F)c2)cc1. The standard InChI is InChI=1S/C23H16F3N5O2/c1-13-5-7-14(8-6-13)19(32)28-22-29-20(33)17-12-27-31-18(9-10-30(22)21(17)31)15-3-2-4-16(11-15)23(24,25)26/h2-9,11-12H,10H2,1H3,(H,28,29,32,33). The number of hydrogen-bond donors (Lipinski definition) is 1. The van der Waals surface area contributed by atoms with Crippen molar-refractivity contribution in [3.05, 3.63) is 93.4 Å². The summed E-state index contributed by atoms with van der Waals surface area (Å²) in [5, 5.41) is 7.07. The van der Waals surface area contributed by atoms with Crippen molar-refractivity contribution in [3.8, 4) is 0 Å². The molecule has 2 aromatic carbocycles. The zero-order valence-corrected chi connectivity index (χ0v) is 17.2. The number of halogens is 3. The third kappa shape index (κ3) is 3.59. The van der Waals surface area contributed by atoms with E-state index in [0.717, 1.165) is 17.7 Å². The zero-order chi connectivity index (χ0) is 23.3. The number of carbonyl (C=O) groups excluding carboxylic acids is 1. The molecule has 2 aromatic heterocycles. The quantitative estimate of drug-likeness (QED) is 0.509. The summed E-state index contributed by atoms with van der Waals surface area (Å²) in [6.07, 6.45) is -1.50. The molecule has 5 rings (SSSR count). The molecule has 0 spiro atoms. The number of nitrogens with one attached hydrogen (secondary N) is 1. The number of allylic oxidation sites excluding steroid dienone is 1. The Morgan fingerprint density at radius 3 is 2.61 bits per heavy atom. The highest BCUT2D eigenvalue weighted by molar-refractivity contribution is 6.03. The Labute approximate surface area is 184 Å². The second kappa shape index (κ2) is 7.44. The van der Waals surface area contributed by atoms with E-state index in [9.17, 15) is 22.8 Å². The summed E-state index contributed by atoms with van der Waals surface area (Å²) in [6, 6.07) is 11.8. The topological polar surface area (TPSA) is 81.8 Å². The minimum Gasteiger partial charge on any atom is -0.292 e. The summed E-state index contributed by atoms with van der Waals surface area (Å²) in [6.45, 7) is 2.07. The van der Waals surface area contributed by atoms with Gasteiger partial charge in [-0.1, -0.05) is 29.8 Å². The number of aromatic nitrogens is 4. The van der Waals surface area contributed by atoms with E-state index >= 15 is 0 Å². The lowest BCUT2D eigenvalue weighted by Crippen LogP contribution is -2.25. The second-order valence-corrected chi connectivity index (χ2v) is 7.63. The van der Waals surface area contributed by atoms with E-state index in [0.29, 0.717) is 22.5 Å². The predicted octanol–water partition coefficient (Wildman–Crippen LogP) is 4.08. The van der Waals surface area contributed by atoms with Crippen molar-refractivity contribution < 1.29 is 18.0 Å². The van der Waals surface area contributed by atoms with Crippen LogP contribution in [0.25, 0.3) is 16.7 Å². The maximum absolute atomic E-state index is 13.2. The predicted molar refractivity (Wildman–Crippen MR) is 116 cm³/mol. The first-order valence-electron chi connectivity index (χ1n) is 9.97. The van der Waals surface area contributed by atoms with Crippen molar-refractivity contribution in [2.45, 2.75) is 19.6 Å². The van der Waals surface area contributed by atoms with Crippen molar-refractivity contribution in [3.63, 3.8) is 0 Å². The van der Waals surface area contributed by atoms with Crippen LogP contribution in [0, 0.1) is 6.92 Å². The Hall–Kier alpha value is -4.21. The van der Waals surface area contributed by atoms with Gasteiger partial charge in [0.25, 0.3) is 11.5 Å². The molecule has 4 aromatic rings. The van der Waals surface area contributed by atoms with Crippen molar-refractivity contribution in [2.75, 3.05) is 5.32 Å². The first-order valence-corrected chi connectivity index (χ1v) is 9.97. The molecule has 1 N–H and O–H groups in total. The highest BCUT2D eigenvalue weighted by Gasteiger charge is 2.31. The van der Waals surface area contributed by atoms with Gasteiger partial charge in [-0.15, -0.1) is 0 Å². The van der Waals surface area contributed by atoms with Gasteiger partial charge in [0.2, 0.25) is 5.95 Å². The monoisotopic (exact) mass is 451 g/mol. The average molecular weight is 451 g/mol. The van der Waals surface area contributed by atoms with Gasteiger partial charge >= 0.3 is 6.18 Å². The van der Waals surface area contributed by atoms with Gasteiger partial charge < -0.3 is 0 Å². The van der Waals surface area contributed by atoms with Crippen LogP contribution in [0.4, 0.5) is 19.1 Å². The number of hydrogen-bond acceptors (Lipinski definition) is 4. The first kappa shape index (κ1) is 20.7. The van der Waals surface area contributed by atoms with Crippen LogP contribution in [0.5, 0.6) is 0 Å². The summed E-state index contributed by atoms with van der Waals surface area (Å²) in [5.74, 6) is -0.414. The molecule has 7 nitrogen and oxygen atoms in total. The Morgan fingerprint density at radius 1 is 1.12 bits per heavy atom. The van der Waals surface area contributed by atoms with Crippen LogP contribution < -0.4 is 10.9 Å². The Kier molecular flexibility index (Phi) is 4.66. The molecule has 1 aliphatic heterocycles. The van der Waals surface area contributed by atoms with Gasteiger partial charge in [-0.25, -0.2) is 4.68 Å². The number of nitrogens with zero attached hydrogens (tertiary/aromatic N) is 4. The van der Waals surface area contributed by atoms with Gasteiger partial charge in [0.05, 0.1) is 17.5 Å². The van der Waals surface area contributed by atoms with Gasteiger partial charge in [0.1, 0.15) is 5.39 Å². The smallest absolute Gasteiger partial charge is 0.292 e. The molecule has 0 radical (unpaired) electrons. The largest absolute Gasteiger partial charge is 0.416 e. The molecule has 33 heavy (non-hydrogen) atoms. The molecule has 0 atom stereocenters. The second-order valence-electron chi connectivity index (χ2n) is 7.63. The molecule has 0 aliphatic carbocycles. The van der Waals surface area contributed by atoms with E-state index in [1.807, 2.05) is 6.92 Å². The summed E-state index contributed by atoms with van der Waals surface area (Å²) in [5.41, 5.74) is 1.04. The highest BCUT2D eigenvalue weighted by Crippen LogP contribution is 2.33. The van der Waals surface area contributed by atoms with Crippen molar-refractivity contribution in [1.29, 1.82) is 0 Å². The molecule has 0 saturated heterocycles. The lowest BCUT2D eigenvalue weighted by molar-refractivity contribution is -0.137. The van der Waals surface area contributed by atoms with E-state index in [1.165, 1.54) is 16.9 Å². The molecule has 166 valence electrons. The maximum Gasteiger partial charge on any atom is 0.416 e. The summed E-state index contributed by atoms with van der Waals surface area (Å²) in [4.78, 5) is 29.3. The molecular weight excluding hydrogens is 435 g/mol. The summed E-state index contributed by atoms with van der Waals surface area (Å²) >= 11 is 0. The minimum absolute atomic E-state index is 0.0270. The summed E-state index contributed by atoms with van der Waals surface area (Å²) < 4.78 is 42.6. The van der Waals surface area contributed by atoms with E-state index in [2.05, 4.69) is 15.4 Å². The first-order chi connectivity index (χ1) is 15.7. The van der Waals surface area contributed by atoms with Crippen molar-refractivity contribution >= 4 is 28.6 Å². The van der Waals surface area contributed by atoms with Crippen LogP contribution in [0.15, 0.2) is 65.6 Å². The minimum atomic E-state index is -4.49. The normalized spacial score (nSPS) is 13.2. The molecular formula is C23H16F3N5O2. The third-order valence-corrected chi connectivity index (χ3v) is 5.41. The van der Waals surface area contributed by atoms with Crippen LogP contribution in [0.3, 0.4) is 0 Å². The van der Waals surface area contributed by atoms with Gasteiger partial charge in [0, 0.05) is 17.7 Å². The van der Waals surface area contributed by atoms with Crippen molar-refractivity contribution in [2.24, 2.45) is 0 Å². The van der Waals surface area contributed by atoms with Crippen LogP contribution >= 0.6 is 0 Å². The molecule has 1 aliphatic rings. The van der Waals surface area contributed by atoms with E-state index in [-0.39, 0.29) is 17.9 Å². The van der Waals surface area contributed by atoms with Gasteiger partial charge in [0.15, 0.2) is 5.65 Å². The molecule has 0 bridgehead atoms. The number of benzene rings is 2. The Bertz CT molecular complexity index is 1500.